The van der Waals surface area contributed by atoms with Crippen LogP contribution >= 0.6 is 34.0 Å². The Morgan fingerprint density at radius 2 is 0.857 bits per heavy atom. The SMILES string of the molecule is c1csc(-c2nc(-c3cccs3)nc(-c3cccs3)n2)c1. The number of rotatable bonds is 3. The Morgan fingerprint density at radius 3 is 1.10 bits per heavy atom. The summed E-state index contributed by atoms with van der Waals surface area (Å²) in [5.41, 5.74) is 0. The van der Waals surface area contributed by atoms with Gasteiger partial charge in [-0.1, -0.05) is 18.2 Å². The molecule has 0 spiro atoms. The highest BCUT2D eigenvalue weighted by atomic mass is 32.1. The molecule has 0 unspecified atom stereocenters. The van der Waals surface area contributed by atoms with E-state index in [0.717, 1.165) is 32.1 Å². The molecule has 0 radical (unpaired) electrons. The normalized spacial score (nSPS) is 10.9. The minimum Gasteiger partial charge on any atom is -0.206 e. The molecule has 0 atom stereocenters. The molecule has 6 heteroatoms. The second-order valence-corrected chi connectivity index (χ2v) is 7.08. The van der Waals surface area contributed by atoms with Gasteiger partial charge in [-0.05, 0) is 34.3 Å². The molecule has 0 aliphatic rings. The highest BCUT2D eigenvalue weighted by Crippen LogP contribution is 2.29. The van der Waals surface area contributed by atoms with Crippen LogP contribution in [-0.4, -0.2) is 15.0 Å². The lowest BCUT2D eigenvalue weighted by molar-refractivity contribution is 1.09. The van der Waals surface area contributed by atoms with Gasteiger partial charge in [0.2, 0.25) is 0 Å². The summed E-state index contributed by atoms with van der Waals surface area (Å²) < 4.78 is 0. The third-order valence-corrected chi connectivity index (χ3v) is 5.46. The van der Waals surface area contributed by atoms with Crippen molar-refractivity contribution in [1.82, 2.24) is 15.0 Å². The first-order valence-electron chi connectivity index (χ1n) is 6.28. The van der Waals surface area contributed by atoms with Crippen LogP contribution in [0.1, 0.15) is 0 Å². The number of hydrogen-bond donors (Lipinski definition) is 0. The summed E-state index contributed by atoms with van der Waals surface area (Å²) in [6.07, 6.45) is 0. The highest BCUT2D eigenvalue weighted by Gasteiger charge is 2.13. The van der Waals surface area contributed by atoms with Crippen molar-refractivity contribution >= 4 is 34.0 Å². The topological polar surface area (TPSA) is 38.7 Å². The van der Waals surface area contributed by atoms with Gasteiger partial charge in [0.05, 0.1) is 14.6 Å². The highest BCUT2D eigenvalue weighted by molar-refractivity contribution is 7.14. The van der Waals surface area contributed by atoms with Gasteiger partial charge in [-0.2, -0.15) is 0 Å². The second-order valence-electron chi connectivity index (χ2n) is 4.24. The molecule has 4 rings (SSSR count). The molecule has 0 bridgehead atoms. The maximum atomic E-state index is 4.63. The molecule has 0 N–H and O–H groups in total. The Bertz CT molecular complexity index is 707. The molecule has 0 fully saturated rings. The van der Waals surface area contributed by atoms with Crippen LogP contribution in [0.5, 0.6) is 0 Å². The average Bonchev–Trinajstić information content (AvgIpc) is 3.29. The molecular weight excluding hydrogens is 318 g/mol. The summed E-state index contributed by atoms with van der Waals surface area (Å²) >= 11 is 4.93. The Hall–Kier alpha value is -1.89. The first-order chi connectivity index (χ1) is 10.4. The van der Waals surface area contributed by atoms with Crippen molar-refractivity contribution in [2.75, 3.05) is 0 Å². The molecule has 0 aliphatic carbocycles. The lowest BCUT2D eigenvalue weighted by atomic mass is 10.3. The Morgan fingerprint density at radius 1 is 0.524 bits per heavy atom. The molecule has 21 heavy (non-hydrogen) atoms. The van der Waals surface area contributed by atoms with E-state index in [4.69, 9.17) is 0 Å². The maximum Gasteiger partial charge on any atom is 0.174 e. The van der Waals surface area contributed by atoms with Crippen molar-refractivity contribution in [3.63, 3.8) is 0 Å². The van der Waals surface area contributed by atoms with Crippen LogP contribution in [0.15, 0.2) is 52.5 Å². The van der Waals surface area contributed by atoms with E-state index in [-0.39, 0.29) is 0 Å². The van der Waals surface area contributed by atoms with Gasteiger partial charge >= 0.3 is 0 Å². The van der Waals surface area contributed by atoms with E-state index in [0.29, 0.717) is 0 Å². The van der Waals surface area contributed by atoms with Crippen LogP contribution in [0.4, 0.5) is 0 Å². The van der Waals surface area contributed by atoms with Crippen molar-refractivity contribution in [2.24, 2.45) is 0 Å². The van der Waals surface area contributed by atoms with Gasteiger partial charge in [-0.15, -0.1) is 34.0 Å². The van der Waals surface area contributed by atoms with Gasteiger partial charge in [0, 0.05) is 0 Å². The number of nitrogens with zero attached hydrogens (tertiary/aromatic N) is 3. The van der Waals surface area contributed by atoms with Gasteiger partial charge in [-0.3, -0.25) is 0 Å². The van der Waals surface area contributed by atoms with E-state index in [1.807, 2.05) is 52.5 Å². The fraction of sp³-hybridized carbons (Fsp3) is 0. The number of thiophene rings is 3. The third-order valence-electron chi connectivity index (χ3n) is 2.86. The van der Waals surface area contributed by atoms with Gasteiger partial charge < -0.3 is 0 Å². The molecule has 4 aromatic rings. The number of aromatic nitrogens is 3. The van der Waals surface area contributed by atoms with E-state index in [2.05, 4.69) is 15.0 Å². The second kappa shape index (κ2) is 5.48. The van der Waals surface area contributed by atoms with Crippen molar-refractivity contribution in [2.45, 2.75) is 0 Å². The minimum absolute atomic E-state index is 0.742. The van der Waals surface area contributed by atoms with Crippen LogP contribution < -0.4 is 0 Å². The Kier molecular flexibility index (Phi) is 3.34. The quantitative estimate of drug-likeness (QED) is 0.528. The zero-order chi connectivity index (χ0) is 14.1. The minimum atomic E-state index is 0.742. The molecule has 102 valence electrons. The summed E-state index contributed by atoms with van der Waals surface area (Å²) in [6.45, 7) is 0. The standard InChI is InChI=1S/C15H9N3S3/c1-4-10(19-7-1)13-16-14(11-5-2-8-20-11)18-15(17-13)12-6-3-9-21-12/h1-9H. The largest absolute Gasteiger partial charge is 0.206 e. The van der Waals surface area contributed by atoms with Crippen LogP contribution in [0.25, 0.3) is 32.1 Å². The van der Waals surface area contributed by atoms with E-state index in [1.54, 1.807) is 34.0 Å². The lowest BCUT2D eigenvalue weighted by Crippen LogP contribution is -1.97. The molecule has 0 aliphatic heterocycles. The van der Waals surface area contributed by atoms with E-state index >= 15 is 0 Å². The predicted octanol–water partition coefficient (Wildman–Crippen LogP) is 5.06. The summed E-state index contributed by atoms with van der Waals surface area (Å²) in [4.78, 5) is 17.1. The molecule has 0 saturated heterocycles. The maximum absolute atomic E-state index is 4.63. The molecule has 3 nitrogen and oxygen atoms in total. The van der Waals surface area contributed by atoms with Crippen LogP contribution in [0.3, 0.4) is 0 Å². The zero-order valence-electron chi connectivity index (χ0n) is 10.8. The fourth-order valence-corrected chi connectivity index (χ4v) is 3.90. The van der Waals surface area contributed by atoms with Gasteiger partial charge in [0.25, 0.3) is 0 Å². The Balaban J connectivity index is 1.92. The lowest BCUT2D eigenvalue weighted by Gasteiger charge is -2.04. The van der Waals surface area contributed by atoms with Crippen molar-refractivity contribution < 1.29 is 0 Å². The van der Waals surface area contributed by atoms with Crippen molar-refractivity contribution in [3.8, 4) is 32.1 Å². The van der Waals surface area contributed by atoms with Gasteiger partial charge in [-0.25, -0.2) is 15.0 Å². The zero-order valence-corrected chi connectivity index (χ0v) is 13.2. The van der Waals surface area contributed by atoms with Crippen LogP contribution in [0.2, 0.25) is 0 Å². The van der Waals surface area contributed by atoms with E-state index in [1.165, 1.54) is 0 Å². The fourth-order valence-electron chi connectivity index (χ4n) is 1.92. The summed E-state index contributed by atoms with van der Waals surface area (Å²) in [7, 11) is 0. The molecule has 4 aromatic heterocycles. The van der Waals surface area contributed by atoms with Gasteiger partial charge in [0.1, 0.15) is 0 Å². The molecule has 0 aromatic carbocycles. The summed E-state index contributed by atoms with van der Waals surface area (Å²) in [5, 5.41) is 6.11. The molecule has 4 heterocycles. The van der Waals surface area contributed by atoms with Crippen LogP contribution in [-0.2, 0) is 0 Å². The summed E-state index contributed by atoms with van der Waals surface area (Å²) in [6, 6.07) is 12.2. The predicted molar refractivity (Wildman–Crippen MR) is 89.8 cm³/mol. The first-order valence-corrected chi connectivity index (χ1v) is 8.92. The van der Waals surface area contributed by atoms with E-state index in [9.17, 15) is 0 Å². The van der Waals surface area contributed by atoms with Crippen molar-refractivity contribution in [1.29, 1.82) is 0 Å². The first kappa shape index (κ1) is 12.8. The smallest absolute Gasteiger partial charge is 0.174 e. The van der Waals surface area contributed by atoms with Crippen LogP contribution in [0, 0.1) is 0 Å². The molecule has 0 amide bonds. The Labute approximate surface area is 133 Å². The third kappa shape index (κ3) is 2.53. The monoisotopic (exact) mass is 327 g/mol. The molecular formula is C15H9N3S3. The summed E-state index contributed by atoms with van der Waals surface area (Å²) in [5.74, 6) is 2.23. The molecule has 0 saturated carbocycles. The number of hydrogen-bond acceptors (Lipinski definition) is 6. The average molecular weight is 327 g/mol. The van der Waals surface area contributed by atoms with Crippen molar-refractivity contribution in [3.05, 3.63) is 52.5 Å². The van der Waals surface area contributed by atoms with Gasteiger partial charge in [0.15, 0.2) is 17.5 Å². The van der Waals surface area contributed by atoms with E-state index < -0.39 is 0 Å².